The average molecular weight is 2050 g/mol. The van der Waals surface area contributed by atoms with Gasteiger partial charge in [-0.15, -0.1) is 0 Å². The summed E-state index contributed by atoms with van der Waals surface area (Å²) in [4.78, 5) is 0. The van der Waals surface area contributed by atoms with Gasteiger partial charge in [-0.05, 0) is 0 Å². The van der Waals surface area contributed by atoms with Crippen molar-refractivity contribution in [2.45, 2.75) is 215 Å². The molecule has 35 atom stereocenters. The van der Waals surface area contributed by atoms with E-state index < -0.39 is 334 Å². The Morgan fingerprint density at radius 2 is 0.254 bits per heavy atom. The van der Waals surface area contributed by atoms with Gasteiger partial charge in [0.25, 0.3) is 0 Å². The summed E-state index contributed by atoms with van der Waals surface area (Å²) < 4.78 is 453. The molecule has 0 aromatic rings. The van der Waals surface area contributed by atoms with E-state index in [1.807, 2.05) is 0 Å². The van der Waals surface area contributed by atoms with E-state index in [0.717, 1.165) is 99.5 Å². The molecule has 0 aromatic heterocycles. The van der Waals surface area contributed by atoms with Gasteiger partial charge < -0.3 is 133 Å². The predicted octanol–water partition coefficient (Wildman–Crippen LogP) is -9.95. The van der Waals surface area contributed by atoms with Crippen LogP contribution in [0.15, 0.2) is 0 Å². The first-order chi connectivity index (χ1) is 55.7. The molecule has 126 heavy (non-hydrogen) atoms. The van der Waals surface area contributed by atoms with Gasteiger partial charge >= 0.3 is 72.8 Å². The van der Waals surface area contributed by atoms with Crippen LogP contribution < -0.4 is 0 Å². The number of hydrogen-bond acceptors (Lipinski definition) is 49. The first-order valence-corrected chi connectivity index (χ1v) is 44.2. The third-order valence-electron chi connectivity index (χ3n) is 19.7. The second-order valence-corrected chi connectivity index (χ2v) is 33.9. The van der Waals surface area contributed by atoms with Crippen LogP contribution in [0.3, 0.4) is 0 Å². The maximum absolute atomic E-state index is 12.5. The molecule has 0 aliphatic carbocycles. The van der Waals surface area contributed by atoms with Gasteiger partial charge in [0, 0.05) is 306 Å². The number of ether oxygens (including phenoxy) is 28. The largest absolute Gasteiger partial charge is 0.397 e. The molecule has 7 N–H and O–H groups in total. The fourth-order valence-corrected chi connectivity index (χ4v) is 16.9. The Balaban J connectivity index is 0.0000113. The third kappa shape index (κ3) is 35.8. The van der Waals surface area contributed by atoms with Crippen molar-refractivity contribution in [1.29, 1.82) is 0 Å². The number of hydrogen-bond donors (Lipinski definition) is 7. The summed E-state index contributed by atoms with van der Waals surface area (Å²) in [6.07, 6.45) is -66.4. The van der Waals surface area contributed by atoms with Crippen LogP contribution >= 0.6 is 0 Å². The molecule has 21 fully saturated rings. The van der Waals surface area contributed by atoms with Crippen molar-refractivity contribution in [2.24, 2.45) is 0 Å². The molecule has 56 nitrogen and oxygen atoms in total. The van der Waals surface area contributed by atoms with Crippen LogP contribution in [0.4, 0.5) is 0 Å². The zero-order chi connectivity index (χ0) is 88.4. The third-order valence-corrected chi connectivity index (χ3v) is 22.7. The topological polar surface area (TPSA) is 704 Å². The fraction of sp³-hybridized carbons (Fsp3) is 1.00. The molecule has 21 heterocycles. The van der Waals surface area contributed by atoms with Crippen LogP contribution in [0.2, 0.25) is 0 Å². The molecule has 0 aromatic carbocycles. The molecule has 0 amide bonds. The molecule has 707 valence electrons. The first kappa shape index (κ1) is 129. The summed E-state index contributed by atoms with van der Waals surface area (Å²) in [7, 11) is -23.9. The van der Waals surface area contributed by atoms with Crippen molar-refractivity contribution in [1.82, 2.24) is 0 Å². The Morgan fingerprint density at radius 1 is 0.167 bits per heavy atom. The van der Waals surface area contributed by atoms with Crippen LogP contribution in [0.25, 0.3) is 0 Å². The molecule has 0 spiro atoms. The van der Waals surface area contributed by atoms with E-state index >= 15 is 0 Å². The van der Waals surface area contributed by atoms with Gasteiger partial charge in [-0.1, -0.05) is 0 Å². The van der Waals surface area contributed by atoms with E-state index in [0.29, 0.717) is 0 Å². The fourth-order valence-electron chi connectivity index (χ4n) is 14.8. The molecule has 7 radical (unpaired) electrons. The maximum atomic E-state index is 12.5. The average Bonchev–Trinajstić information content (AvgIpc) is 0.768. The van der Waals surface area contributed by atoms with Gasteiger partial charge in [0.1, 0.15) is 171 Å². The zero-order valence-electron chi connectivity index (χ0n) is 72.1. The van der Waals surface area contributed by atoms with Crippen LogP contribution in [-0.2, 0) is 235 Å². The Kier molecular flexibility index (Phi) is 58.8. The minimum Gasteiger partial charge on any atom is -0.376 e. The summed E-state index contributed by atoms with van der Waals surface area (Å²) in [6.45, 7) is -9.08. The van der Waals surface area contributed by atoms with Gasteiger partial charge in [-0.3, -0.25) is 31.9 Å². The zero-order valence-corrected chi connectivity index (χ0v) is 91.9. The normalized spacial score (nSPS) is 38.7. The summed E-state index contributed by atoms with van der Waals surface area (Å²) >= 11 is 0. The molecule has 21 aliphatic heterocycles. The Labute approximate surface area is 881 Å². The van der Waals surface area contributed by atoms with Gasteiger partial charge in [-0.2, -0.15) is 58.9 Å². The Hall–Kier alpha value is 4.97. The Bertz CT molecular complexity index is 3320. The van der Waals surface area contributed by atoms with E-state index in [1.54, 1.807) is 0 Å². The van der Waals surface area contributed by atoms with Gasteiger partial charge in [0.15, 0.2) is 44.0 Å². The summed E-state index contributed by atoms with van der Waals surface area (Å²) in [5.74, 6) is 0. The SMILES string of the molecule is CO[C@@H]1[C@@H](OC)[C@H]2O[C@H]3[C@H](OC)[C@@H](OC)[C@@H](O[C@H]4[C@H](OC)[C@@H](OC)[C@@H](O[C@H]5[C@H](OC)[C@@H](OC)[C@@H](O[C@H]6[C@H](OC)[C@@H](OC)[C@@H](O[C@H]7[C@H](OC)[C@@H](OC)[C@@H](O[C@H]8[C@H](OC)[C@@H](OC)[C@@H](O[C@@H]1[C@@H](COS(=O)(=O)O)O2)O[C@@H]8COS(=O)(=O)O)O[C@@H]7COS(=O)(=O)O)O[C@@H]6COS(=O)(=O)O)O[C@@H]5COS(=O)(=O)O)O[C@@H]4COS(=O)(=O)O)O[C@@H]3COS(=O)(=O)O.[Na].[Na].[Na].[Na].[Na].[Na].[Na]. The molecule has 70 heteroatoms. The van der Waals surface area contributed by atoms with Crippen molar-refractivity contribution >= 4 is 280 Å². The maximum Gasteiger partial charge on any atom is 0.397 e. The van der Waals surface area contributed by atoms with Crippen molar-refractivity contribution in [3.8, 4) is 0 Å². The molecule has 14 bridgehead atoms. The van der Waals surface area contributed by atoms with E-state index in [1.165, 1.54) is 0 Å². The van der Waals surface area contributed by atoms with Gasteiger partial charge in [0.05, 0.1) is 46.2 Å². The summed E-state index contributed by atoms with van der Waals surface area (Å²) in [5, 5.41) is 0. The number of rotatable bonds is 35. The molecular weight excluding hydrogens is 1950 g/mol. The van der Waals surface area contributed by atoms with E-state index in [-0.39, 0.29) is 207 Å². The Morgan fingerprint density at radius 3 is 0.325 bits per heavy atom. The minimum atomic E-state index is -5.50. The minimum absolute atomic E-state index is 0. The van der Waals surface area contributed by atoms with Crippen LogP contribution in [0.5, 0.6) is 0 Å². The van der Waals surface area contributed by atoms with Crippen molar-refractivity contribution < 1.29 is 253 Å². The monoisotopic (exact) mass is 2050 g/mol. The summed E-state index contributed by atoms with van der Waals surface area (Å²) in [6, 6.07) is 0. The van der Waals surface area contributed by atoms with Crippen molar-refractivity contribution in [2.75, 3.05) is 146 Å². The van der Waals surface area contributed by atoms with Crippen molar-refractivity contribution in [3.05, 3.63) is 0 Å². The standard InChI is InChI=1S/C56H98O56S7.7Na/c1-78-36-29-22(15-92-113(57,58)59)99-50(43(36)85-8)107-30-23(16-93-114(60,61)62)101-52(45(87-10)37(30)79-2)109-32-25(18-95-116(66,67)68)103-54(47(89-12)39(32)81-4)111-34-27(20-97-118(72,73)74)105-56(49(91-14)41(34)83-6)112-35-28(21-98-119(75,76)77)104-55(48(90-13)42(35)84-7)110-33-26(19-96-117(69,70)71)102-53(46(88-11)40(33)82-5)108-31-24(17-94-115(63,64)65)100-51(106-29)44(86-9)38(31)80-3;;;;;;;/h22-56H,15-21H2,1-14H3,(H,57,58,59)(H,60,61,62)(H,63,64,65)(H,66,67,68)(H,69,70,71)(H,72,73,74)(H,75,76,77);;;;;;;/t22-,23-,24-,25-,26-,27-,28-,29-,30-,31-,32-,33-,34-,35-,36+,37+,38+,39+,40+,41+,42+,43-,44-,45-,46-,47-,48-,49-,50-,51-,52-,53-,54-,55-,56-;;;;;;;/m1......./s1. The van der Waals surface area contributed by atoms with Crippen LogP contribution in [0, 0.1) is 0 Å². The van der Waals surface area contributed by atoms with Gasteiger partial charge in [-0.25, -0.2) is 29.3 Å². The smallest absolute Gasteiger partial charge is 0.376 e. The van der Waals surface area contributed by atoms with E-state index in [4.69, 9.17) is 162 Å². The first-order valence-electron chi connectivity index (χ1n) is 34.6. The molecule has 21 saturated heterocycles. The molecule has 21 aliphatic rings. The van der Waals surface area contributed by atoms with Crippen molar-refractivity contribution in [3.63, 3.8) is 0 Å². The number of methoxy groups -OCH3 is 14. The predicted molar refractivity (Wildman–Crippen MR) is 409 cm³/mol. The van der Waals surface area contributed by atoms with Crippen LogP contribution in [-0.4, -0.2) is 658 Å². The second-order valence-electron chi connectivity index (χ2n) is 26.3. The van der Waals surface area contributed by atoms with Crippen LogP contribution in [0.1, 0.15) is 0 Å². The summed E-state index contributed by atoms with van der Waals surface area (Å²) in [5.41, 5.74) is 0. The second kappa shape index (κ2) is 57.5. The van der Waals surface area contributed by atoms with E-state index in [2.05, 4.69) is 0 Å². The molecule has 0 saturated carbocycles. The molecule has 0 unspecified atom stereocenters. The van der Waals surface area contributed by atoms with E-state index in [9.17, 15) is 90.8 Å². The van der Waals surface area contributed by atoms with Gasteiger partial charge in [0.2, 0.25) is 0 Å². The molecular formula is C56H98Na7O56S7. The molecule has 21 rings (SSSR count). The quantitative estimate of drug-likeness (QED) is 0.0229.